The lowest BCUT2D eigenvalue weighted by Crippen LogP contribution is -1.88. The van der Waals surface area contributed by atoms with E-state index in [4.69, 9.17) is 0 Å². The van der Waals surface area contributed by atoms with Gasteiger partial charge in [0.25, 0.3) is 0 Å². The molecule has 0 amide bonds. The lowest BCUT2D eigenvalue weighted by Gasteiger charge is -2.15. The topological polar surface area (TPSA) is 0 Å². The van der Waals surface area contributed by atoms with Gasteiger partial charge in [-0.1, -0.05) is 207 Å². The van der Waals surface area contributed by atoms with Crippen molar-refractivity contribution in [1.82, 2.24) is 0 Å². The zero-order valence-corrected chi connectivity index (χ0v) is 39.4. The summed E-state index contributed by atoms with van der Waals surface area (Å²) >= 11 is 0. The van der Waals surface area contributed by atoms with Gasteiger partial charge in [0.1, 0.15) is 0 Å². The fourth-order valence-corrected chi connectivity index (χ4v) is 14.7. The second kappa shape index (κ2) is 13.2. The van der Waals surface area contributed by atoms with Crippen LogP contribution in [0.5, 0.6) is 0 Å². The number of benzene rings is 14. The number of fused-ring (bicyclic) bond motifs is 16. The standard InChI is InChI=1S/C72H40/c1-2-38-34-55-43-22-12-14-24-45(43)67-65(55)57(35-38)59(40-18-8-4-9-19-40)69-51-30-26-47-50-29-33-54-64-52(31-27-48(62(50)64)49-28-32-53(71(67)69)63(51)61(47)49)70-60(41-20-10-5-11-21-41)58-37-42(39-16-6-3-7-17-39)36-56-44-23-13-15-25-46(44)68(66(56)58)72(54)70/h3-37H,2H2,1H3. The summed E-state index contributed by atoms with van der Waals surface area (Å²) in [5.74, 6) is 0. The molecule has 0 atom stereocenters. The van der Waals surface area contributed by atoms with E-state index in [1.54, 1.807) is 0 Å². The number of hydrogen-bond acceptors (Lipinski definition) is 0. The van der Waals surface area contributed by atoms with E-state index in [0.29, 0.717) is 0 Å². The van der Waals surface area contributed by atoms with Crippen molar-refractivity contribution in [3.8, 4) is 33.4 Å². The smallest absolute Gasteiger partial charge is 0.000696 e. The van der Waals surface area contributed by atoms with E-state index in [-0.39, 0.29) is 0 Å². The highest BCUT2D eigenvalue weighted by Crippen LogP contribution is 2.58. The van der Waals surface area contributed by atoms with Gasteiger partial charge in [-0.2, -0.15) is 0 Å². The second-order valence-electron chi connectivity index (χ2n) is 20.7. The minimum Gasteiger partial charge on any atom is -0.0622 e. The molecule has 0 aliphatic rings. The first-order valence-corrected chi connectivity index (χ1v) is 25.6. The van der Waals surface area contributed by atoms with Gasteiger partial charge in [-0.25, -0.2) is 0 Å². The summed E-state index contributed by atoms with van der Waals surface area (Å²) in [7, 11) is 0. The minimum atomic E-state index is 0.989. The van der Waals surface area contributed by atoms with Gasteiger partial charge >= 0.3 is 0 Å². The fraction of sp³-hybridized carbons (Fsp3) is 0.0278. The van der Waals surface area contributed by atoms with Crippen LogP contribution >= 0.6 is 0 Å². The van der Waals surface area contributed by atoms with Gasteiger partial charge in [0, 0.05) is 0 Å². The van der Waals surface area contributed by atoms with Crippen LogP contribution in [0.15, 0.2) is 212 Å². The van der Waals surface area contributed by atoms with Crippen LogP contribution in [0.2, 0.25) is 0 Å². The Morgan fingerprint density at radius 2 is 0.486 bits per heavy atom. The number of rotatable bonds is 4. The second-order valence-corrected chi connectivity index (χ2v) is 20.7. The Kier molecular flexibility index (Phi) is 6.92. The van der Waals surface area contributed by atoms with Crippen LogP contribution in [-0.4, -0.2) is 0 Å². The van der Waals surface area contributed by atoms with Gasteiger partial charge in [0.2, 0.25) is 0 Å². The normalized spacial score (nSPS) is 12.8. The maximum Gasteiger partial charge on any atom is -0.000696 e. The van der Waals surface area contributed by atoms with E-state index in [1.807, 2.05) is 0 Å². The first-order chi connectivity index (χ1) is 35.7. The Labute approximate surface area is 413 Å². The van der Waals surface area contributed by atoms with Gasteiger partial charge in [-0.3, -0.25) is 0 Å². The Morgan fingerprint density at radius 1 is 0.194 bits per heavy atom. The molecule has 0 aliphatic heterocycles. The maximum atomic E-state index is 2.51. The minimum absolute atomic E-state index is 0.989. The van der Waals surface area contributed by atoms with Gasteiger partial charge in [0.05, 0.1) is 0 Å². The third-order valence-electron chi connectivity index (χ3n) is 17.5. The van der Waals surface area contributed by atoms with Gasteiger partial charge in [-0.15, -0.1) is 0 Å². The fourth-order valence-electron chi connectivity index (χ4n) is 14.7. The molecule has 328 valence electrons. The molecular formula is C72H40. The van der Waals surface area contributed by atoms with Gasteiger partial charge < -0.3 is 0 Å². The third kappa shape index (κ3) is 4.40. The van der Waals surface area contributed by atoms with E-state index in [1.165, 1.54) is 190 Å². The molecule has 18 aromatic carbocycles. The molecule has 0 spiro atoms. The van der Waals surface area contributed by atoms with Crippen molar-refractivity contribution in [1.29, 1.82) is 0 Å². The molecule has 0 nitrogen and oxygen atoms in total. The van der Waals surface area contributed by atoms with Crippen LogP contribution in [0.25, 0.3) is 184 Å². The summed E-state index contributed by atoms with van der Waals surface area (Å²) in [4.78, 5) is 0. The van der Waals surface area contributed by atoms with Crippen LogP contribution < -0.4 is 0 Å². The van der Waals surface area contributed by atoms with Crippen LogP contribution in [-0.2, 0) is 6.42 Å². The van der Waals surface area contributed by atoms with Crippen molar-refractivity contribution < 1.29 is 0 Å². The Morgan fingerprint density at radius 3 is 0.944 bits per heavy atom. The van der Waals surface area contributed by atoms with E-state index >= 15 is 0 Å². The van der Waals surface area contributed by atoms with Crippen molar-refractivity contribution in [3.63, 3.8) is 0 Å². The van der Waals surface area contributed by atoms with E-state index < -0.39 is 0 Å². The van der Waals surface area contributed by atoms with Crippen LogP contribution in [0, 0.1) is 0 Å². The van der Waals surface area contributed by atoms with Crippen molar-refractivity contribution in [2.45, 2.75) is 13.3 Å². The molecule has 0 aliphatic carbocycles. The van der Waals surface area contributed by atoms with Crippen molar-refractivity contribution in [2.24, 2.45) is 0 Å². The first-order valence-electron chi connectivity index (χ1n) is 25.6. The predicted molar refractivity (Wildman–Crippen MR) is 313 cm³/mol. The molecule has 0 bridgehead atoms. The van der Waals surface area contributed by atoms with Gasteiger partial charge in [0.15, 0.2) is 0 Å². The van der Waals surface area contributed by atoms with Crippen molar-refractivity contribution >= 4 is 151 Å². The molecule has 72 heavy (non-hydrogen) atoms. The Hall–Kier alpha value is -9.10. The summed E-state index contributed by atoms with van der Waals surface area (Å²) in [6.07, 6.45) is 0.989. The Balaban J connectivity index is 1.04. The molecular weight excluding hydrogens is 865 g/mol. The monoisotopic (exact) mass is 904 g/mol. The zero-order valence-electron chi connectivity index (χ0n) is 39.4. The average Bonchev–Trinajstić information content (AvgIpc) is 4.17. The highest BCUT2D eigenvalue weighted by atomic mass is 14.3. The lowest BCUT2D eigenvalue weighted by molar-refractivity contribution is 1.15. The number of hydrogen-bond donors (Lipinski definition) is 0. The molecule has 0 aromatic heterocycles. The summed E-state index contributed by atoms with van der Waals surface area (Å²) in [5.41, 5.74) is 9.08. The predicted octanol–water partition coefficient (Wildman–Crippen LogP) is 20.6. The van der Waals surface area contributed by atoms with Crippen molar-refractivity contribution in [2.75, 3.05) is 0 Å². The maximum absolute atomic E-state index is 2.51. The average molecular weight is 905 g/mol. The summed E-state index contributed by atoms with van der Waals surface area (Å²) in [6, 6.07) is 81.5. The van der Waals surface area contributed by atoms with Crippen LogP contribution in [0.4, 0.5) is 0 Å². The van der Waals surface area contributed by atoms with E-state index in [9.17, 15) is 0 Å². The molecule has 0 saturated heterocycles. The zero-order chi connectivity index (χ0) is 46.7. The SMILES string of the molecule is CCc1cc2c(-c3ccccc3)c3c4ccc5c6ccc7c8c(ccc(c9ccc(c4c95)c3c3c4ccccc4c(c1)c23)c68)c1c(-c2ccccc2)c2cc(-c3ccccc3)cc3c4ccccc4c(c23)c71. The van der Waals surface area contributed by atoms with Crippen molar-refractivity contribution in [3.05, 3.63) is 218 Å². The molecule has 18 aromatic rings. The molecule has 0 fully saturated rings. The Bertz CT molecular complexity index is 5300. The van der Waals surface area contributed by atoms with Crippen LogP contribution in [0.3, 0.4) is 0 Å². The molecule has 0 unspecified atom stereocenters. The third-order valence-corrected chi connectivity index (χ3v) is 17.5. The quantitative estimate of drug-likeness (QED) is 0.122. The lowest BCUT2D eigenvalue weighted by atomic mass is 9.87. The molecule has 0 heteroatoms. The summed E-state index contributed by atoms with van der Waals surface area (Å²) < 4.78 is 0. The highest BCUT2D eigenvalue weighted by Gasteiger charge is 2.30. The molecule has 0 radical (unpaired) electrons. The number of aryl methyl sites for hydroxylation is 1. The summed E-state index contributed by atoms with van der Waals surface area (Å²) in [5, 5.41) is 38.0. The molecule has 0 saturated carbocycles. The first kappa shape index (κ1) is 37.8. The molecule has 0 heterocycles. The summed E-state index contributed by atoms with van der Waals surface area (Å²) in [6.45, 7) is 2.29. The van der Waals surface area contributed by atoms with Gasteiger partial charge in [-0.05, 0) is 208 Å². The van der Waals surface area contributed by atoms with Crippen LogP contribution in [0.1, 0.15) is 12.5 Å². The largest absolute Gasteiger partial charge is 0.0622 e. The molecule has 18 rings (SSSR count). The van der Waals surface area contributed by atoms with E-state index in [0.717, 1.165) is 6.42 Å². The highest BCUT2D eigenvalue weighted by molar-refractivity contribution is 6.54. The molecule has 0 N–H and O–H groups in total. The van der Waals surface area contributed by atoms with E-state index in [2.05, 4.69) is 219 Å².